The predicted octanol–water partition coefficient (Wildman–Crippen LogP) is -0.133. The lowest BCUT2D eigenvalue weighted by molar-refractivity contribution is -0.140. The maximum absolute atomic E-state index is 12.0. The van der Waals surface area contributed by atoms with Gasteiger partial charge in [-0.1, -0.05) is 0 Å². The SMILES string of the molecule is COC(=O)CCCN(C)C(=O)c1cn(CCN)cn1. The third kappa shape index (κ3) is 4.70. The van der Waals surface area contributed by atoms with E-state index in [9.17, 15) is 9.59 Å². The molecule has 1 amide bonds. The quantitative estimate of drug-likeness (QED) is 0.695. The summed E-state index contributed by atoms with van der Waals surface area (Å²) in [6.07, 6.45) is 4.13. The van der Waals surface area contributed by atoms with Crippen LogP contribution in [-0.2, 0) is 16.1 Å². The molecule has 0 aromatic carbocycles. The van der Waals surface area contributed by atoms with Gasteiger partial charge in [0.05, 0.1) is 13.4 Å². The summed E-state index contributed by atoms with van der Waals surface area (Å²) < 4.78 is 6.31. The molecule has 1 aromatic heterocycles. The Kier molecular flexibility index (Phi) is 6.01. The van der Waals surface area contributed by atoms with Gasteiger partial charge in [-0.05, 0) is 6.42 Å². The number of aromatic nitrogens is 2. The smallest absolute Gasteiger partial charge is 0.305 e. The maximum Gasteiger partial charge on any atom is 0.305 e. The van der Waals surface area contributed by atoms with Crippen molar-refractivity contribution in [2.24, 2.45) is 5.73 Å². The van der Waals surface area contributed by atoms with E-state index in [4.69, 9.17) is 5.73 Å². The molecule has 7 heteroatoms. The van der Waals surface area contributed by atoms with Crippen LogP contribution in [0.25, 0.3) is 0 Å². The second-order valence-electron chi connectivity index (χ2n) is 4.19. The summed E-state index contributed by atoms with van der Waals surface area (Å²) >= 11 is 0. The van der Waals surface area contributed by atoms with Gasteiger partial charge in [0, 0.05) is 39.3 Å². The number of esters is 1. The van der Waals surface area contributed by atoms with Gasteiger partial charge in [0.15, 0.2) is 0 Å². The fraction of sp³-hybridized carbons (Fsp3) is 0.583. The molecule has 0 aliphatic rings. The summed E-state index contributed by atoms with van der Waals surface area (Å²) in [5.74, 6) is -0.436. The molecule has 0 fully saturated rings. The molecule has 0 saturated carbocycles. The van der Waals surface area contributed by atoms with Gasteiger partial charge in [0.25, 0.3) is 5.91 Å². The first-order chi connectivity index (χ1) is 9.08. The van der Waals surface area contributed by atoms with E-state index in [1.807, 2.05) is 0 Å². The highest BCUT2D eigenvalue weighted by Crippen LogP contribution is 2.03. The van der Waals surface area contributed by atoms with Gasteiger partial charge in [-0.2, -0.15) is 0 Å². The van der Waals surface area contributed by atoms with Crippen LogP contribution in [0.15, 0.2) is 12.5 Å². The van der Waals surface area contributed by atoms with Gasteiger partial charge in [0.2, 0.25) is 0 Å². The van der Waals surface area contributed by atoms with Crippen molar-refractivity contribution >= 4 is 11.9 Å². The van der Waals surface area contributed by atoms with Crippen LogP contribution in [0.4, 0.5) is 0 Å². The Balaban J connectivity index is 2.44. The molecule has 1 rings (SSSR count). The van der Waals surface area contributed by atoms with E-state index in [0.29, 0.717) is 38.2 Å². The van der Waals surface area contributed by atoms with Crippen molar-refractivity contribution in [2.75, 3.05) is 27.2 Å². The fourth-order valence-corrected chi connectivity index (χ4v) is 1.60. The van der Waals surface area contributed by atoms with Gasteiger partial charge >= 0.3 is 5.97 Å². The molecule has 0 bridgehead atoms. The van der Waals surface area contributed by atoms with Crippen LogP contribution in [0.1, 0.15) is 23.3 Å². The number of ether oxygens (including phenoxy) is 1. The van der Waals surface area contributed by atoms with Crippen molar-refractivity contribution in [3.63, 3.8) is 0 Å². The van der Waals surface area contributed by atoms with Gasteiger partial charge in [-0.15, -0.1) is 0 Å². The average molecular weight is 268 g/mol. The summed E-state index contributed by atoms with van der Waals surface area (Å²) in [6.45, 7) is 1.61. The topological polar surface area (TPSA) is 90.5 Å². The number of hydrogen-bond donors (Lipinski definition) is 1. The van der Waals surface area contributed by atoms with Crippen LogP contribution >= 0.6 is 0 Å². The molecule has 0 aliphatic heterocycles. The molecule has 2 N–H and O–H groups in total. The lowest BCUT2D eigenvalue weighted by atomic mass is 10.3. The van der Waals surface area contributed by atoms with Crippen LogP contribution in [0.3, 0.4) is 0 Å². The van der Waals surface area contributed by atoms with Crippen molar-refractivity contribution in [1.82, 2.24) is 14.5 Å². The Labute approximate surface area is 112 Å². The number of hydrogen-bond acceptors (Lipinski definition) is 5. The zero-order valence-electron chi connectivity index (χ0n) is 11.3. The molecular formula is C12H20N4O3. The Bertz CT molecular complexity index is 430. The van der Waals surface area contributed by atoms with E-state index in [2.05, 4.69) is 9.72 Å². The Morgan fingerprint density at radius 1 is 1.53 bits per heavy atom. The first kappa shape index (κ1) is 15.2. The van der Waals surface area contributed by atoms with E-state index in [1.165, 1.54) is 12.0 Å². The van der Waals surface area contributed by atoms with Crippen LogP contribution in [0.5, 0.6) is 0 Å². The van der Waals surface area contributed by atoms with Gasteiger partial charge < -0.3 is 19.9 Å². The molecule has 0 spiro atoms. The first-order valence-electron chi connectivity index (χ1n) is 6.12. The minimum Gasteiger partial charge on any atom is -0.469 e. The highest BCUT2D eigenvalue weighted by Gasteiger charge is 2.14. The fourth-order valence-electron chi connectivity index (χ4n) is 1.60. The van der Waals surface area contributed by atoms with Crippen LogP contribution < -0.4 is 5.73 Å². The first-order valence-corrected chi connectivity index (χ1v) is 6.12. The summed E-state index contributed by atoms with van der Waals surface area (Å²) in [4.78, 5) is 28.5. The number of imidazole rings is 1. The van der Waals surface area contributed by atoms with E-state index >= 15 is 0 Å². The molecule has 0 unspecified atom stereocenters. The lowest BCUT2D eigenvalue weighted by Gasteiger charge is -2.15. The number of carbonyl (C=O) groups excluding carboxylic acids is 2. The Hall–Kier alpha value is -1.89. The highest BCUT2D eigenvalue weighted by molar-refractivity contribution is 5.91. The number of methoxy groups -OCH3 is 1. The molecule has 0 saturated heterocycles. The number of nitrogens with zero attached hydrogens (tertiary/aromatic N) is 3. The number of carbonyl (C=O) groups is 2. The van der Waals surface area contributed by atoms with Crippen LogP contribution in [-0.4, -0.2) is 53.6 Å². The normalized spacial score (nSPS) is 10.3. The molecular weight excluding hydrogens is 248 g/mol. The number of rotatable bonds is 7. The molecule has 1 aromatic rings. The second-order valence-corrected chi connectivity index (χ2v) is 4.19. The number of nitrogens with two attached hydrogens (primary N) is 1. The molecule has 0 aliphatic carbocycles. The average Bonchev–Trinajstić information content (AvgIpc) is 2.86. The second kappa shape index (κ2) is 7.52. The van der Waals surface area contributed by atoms with Crippen molar-refractivity contribution in [3.05, 3.63) is 18.2 Å². The van der Waals surface area contributed by atoms with Crippen molar-refractivity contribution in [3.8, 4) is 0 Å². The van der Waals surface area contributed by atoms with E-state index in [-0.39, 0.29) is 11.9 Å². The van der Waals surface area contributed by atoms with Gasteiger partial charge in [-0.25, -0.2) is 4.98 Å². The predicted molar refractivity (Wildman–Crippen MR) is 69.5 cm³/mol. The molecule has 0 radical (unpaired) electrons. The van der Waals surface area contributed by atoms with Gasteiger partial charge in [0.1, 0.15) is 5.69 Å². The van der Waals surface area contributed by atoms with Gasteiger partial charge in [-0.3, -0.25) is 9.59 Å². The largest absolute Gasteiger partial charge is 0.469 e. The molecule has 1 heterocycles. The van der Waals surface area contributed by atoms with Crippen LogP contribution in [0, 0.1) is 0 Å². The van der Waals surface area contributed by atoms with E-state index in [0.717, 1.165) is 0 Å². The Morgan fingerprint density at radius 2 is 2.26 bits per heavy atom. The minimum absolute atomic E-state index is 0.166. The van der Waals surface area contributed by atoms with Crippen molar-refractivity contribution in [2.45, 2.75) is 19.4 Å². The Morgan fingerprint density at radius 3 is 2.89 bits per heavy atom. The van der Waals surface area contributed by atoms with E-state index < -0.39 is 0 Å². The number of amides is 1. The molecule has 7 nitrogen and oxygen atoms in total. The summed E-state index contributed by atoms with van der Waals surface area (Å²) in [5, 5.41) is 0. The van der Waals surface area contributed by atoms with Crippen LogP contribution in [0.2, 0.25) is 0 Å². The van der Waals surface area contributed by atoms with Crippen molar-refractivity contribution < 1.29 is 14.3 Å². The summed E-state index contributed by atoms with van der Waals surface area (Å²) in [6, 6.07) is 0. The zero-order chi connectivity index (χ0) is 14.3. The lowest BCUT2D eigenvalue weighted by Crippen LogP contribution is -2.28. The third-order valence-corrected chi connectivity index (χ3v) is 2.69. The standard InChI is InChI=1S/C12H20N4O3/c1-15(6-3-4-11(17)19-2)12(18)10-8-16(7-5-13)9-14-10/h8-9H,3-7,13H2,1-2H3. The summed E-state index contributed by atoms with van der Waals surface area (Å²) in [7, 11) is 3.03. The molecule has 0 atom stereocenters. The summed E-state index contributed by atoms with van der Waals surface area (Å²) in [5.41, 5.74) is 5.81. The monoisotopic (exact) mass is 268 g/mol. The zero-order valence-corrected chi connectivity index (χ0v) is 11.3. The molecule has 19 heavy (non-hydrogen) atoms. The highest BCUT2D eigenvalue weighted by atomic mass is 16.5. The third-order valence-electron chi connectivity index (χ3n) is 2.69. The van der Waals surface area contributed by atoms with E-state index in [1.54, 1.807) is 24.1 Å². The molecule has 106 valence electrons. The maximum atomic E-state index is 12.0. The van der Waals surface area contributed by atoms with Crippen molar-refractivity contribution in [1.29, 1.82) is 0 Å². The minimum atomic E-state index is -0.270.